The van der Waals surface area contributed by atoms with Crippen molar-refractivity contribution in [3.8, 4) is 0 Å². The summed E-state index contributed by atoms with van der Waals surface area (Å²) in [6, 6.07) is 0.912. The van der Waals surface area contributed by atoms with Crippen LogP contribution in [0.25, 0.3) is 0 Å². The second kappa shape index (κ2) is 5.96. The van der Waals surface area contributed by atoms with Crippen LogP contribution in [0, 0.1) is 5.92 Å². The number of hydrogen-bond acceptors (Lipinski definition) is 4. The number of aliphatic hydroxyl groups excluding tert-OH is 1. The summed E-state index contributed by atoms with van der Waals surface area (Å²) in [6.45, 7) is 4.66. The predicted octanol–water partition coefficient (Wildman–Crippen LogP) is 0.0676. The van der Waals surface area contributed by atoms with Crippen molar-refractivity contribution in [3.63, 3.8) is 0 Å². The molecule has 0 amide bonds. The van der Waals surface area contributed by atoms with Crippen molar-refractivity contribution >= 4 is 0 Å². The van der Waals surface area contributed by atoms with E-state index in [1.807, 2.05) is 0 Å². The molecule has 2 N–H and O–H groups in total. The molecule has 0 saturated carbocycles. The Balaban J connectivity index is 1.82. The summed E-state index contributed by atoms with van der Waals surface area (Å²) >= 11 is 0. The maximum Gasteiger partial charge on any atom is 0.0616 e. The van der Waals surface area contributed by atoms with Crippen molar-refractivity contribution in [2.45, 2.75) is 31.3 Å². The molecule has 94 valence electrons. The molecule has 0 radical (unpaired) electrons. The van der Waals surface area contributed by atoms with Crippen molar-refractivity contribution < 1.29 is 9.84 Å². The Kier molecular flexibility index (Phi) is 4.58. The predicted molar refractivity (Wildman–Crippen MR) is 63.5 cm³/mol. The lowest BCUT2D eigenvalue weighted by atomic mass is 9.83. The third-order valence-corrected chi connectivity index (χ3v) is 3.95. The summed E-state index contributed by atoms with van der Waals surface area (Å²) in [5.74, 6) is 0.836. The molecule has 4 nitrogen and oxygen atoms in total. The van der Waals surface area contributed by atoms with Crippen LogP contribution in [0.3, 0.4) is 0 Å². The van der Waals surface area contributed by atoms with E-state index in [-0.39, 0.29) is 6.61 Å². The van der Waals surface area contributed by atoms with Crippen molar-refractivity contribution in [2.24, 2.45) is 5.92 Å². The molecule has 3 aliphatic heterocycles. The minimum Gasteiger partial charge on any atom is -0.396 e. The van der Waals surface area contributed by atoms with Crippen molar-refractivity contribution in [1.29, 1.82) is 0 Å². The van der Waals surface area contributed by atoms with Gasteiger partial charge in [0.05, 0.1) is 6.61 Å². The first-order valence-electron chi connectivity index (χ1n) is 6.41. The number of rotatable bonds is 6. The fourth-order valence-electron chi connectivity index (χ4n) is 3.03. The number of methoxy groups -OCH3 is 1. The molecule has 3 rings (SSSR count). The van der Waals surface area contributed by atoms with Crippen molar-refractivity contribution in [1.82, 2.24) is 10.2 Å². The fourth-order valence-corrected chi connectivity index (χ4v) is 3.03. The van der Waals surface area contributed by atoms with E-state index in [1.54, 1.807) is 7.11 Å². The van der Waals surface area contributed by atoms with Gasteiger partial charge in [-0.2, -0.15) is 0 Å². The number of hydrogen-bond donors (Lipinski definition) is 2. The highest BCUT2D eigenvalue weighted by Crippen LogP contribution is 2.27. The molecular weight excluding hydrogens is 204 g/mol. The largest absolute Gasteiger partial charge is 0.396 e. The van der Waals surface area contributed by atoms with Gasteiger partial charge in [0.25, 0.3) is 0 Å². The van der Waals surface area contributed by atoms with Gasteiger partial charge in [0.1, 0.15) is 0 Å². The van der Waals surface area contributed by atoms with Crippen LogP contribution in [-0.4, -0.2) is 62.0 Å². The van der Waals surface area contributed by atoms with Gasteiger partial charge in [-0.3, -0.25) is 0 Å². The summed E-state index contributed by atoms with van der Waals surface area (Å²) < 4.78 is 5.19. The molecule has 3 fully saturated rings. The maximum absolute atomic E-state index is 9.02. The highest BCUT2D eigenvalue weighted by Gasteiger charge is 2.34. The van der Waals surface area contributed by atoms with Gasteiger partial charge in [0.2, 0.25) is 0 Å². The van der Waals surface area contributed by atoms with E-state index in [1.165, 1.54) is 32.5 Å². The third-order valence-electron chi connectivity index (χ3n) is 3.95. The van der Waals surface area contributed by atoms with E-state index in [0.717, 1.165) is 12.3 Å². The van der Waals surface area contributed by atoms with Gasteiger partial charge in [-0.1, -0.05) is 0 Å². The molecule has 0 aromatic heterocycles. The Morgan fingerprint density at radius 3 is 2.69 bits per heavy atom. The zero-order chi connectivity index (χ0) is 11.4. The van der Waals surface area contributed by atoms with E-state index in [2.05, 4.69) is 10.2 Å². The number of ether oxygens (including phenoxy) is 1. The smallest absolute Gasteiger partial charge is 0.0616 e. The Bertz CT molecular complexity index is 199. The number of piperidine rings is 3. The van der Waals surface area contributed by atoms with Gasteiger partial charge in [-0.05, 0) is 38.3 Å². The molecule has 3 aliphatic rings. The number of nitrogens with zero attached hydrogens (tertiary/aromatic N) is 1. The van der Waals surface area contributed by atoms with Crippen LogP contribution < -0.4 is 5.32 Å². The van der Waals surface area contributed by atoms with Gasteiger partial charge in [0, 0.05) is 32.3 Å². The molecule has 16 heavy (non-hydrogen) atoms. The lowest BCUT2D eigenvalue weighted by Gasteiger charge is -2.46. The molecule has 2 atom stereocenters. The van der Waals surface area contributed by atoms with Crippen LogP contribution in [-0.2, 0) is 4.74 Å². The fraction of sp³-hybridized carbons (Fsp3) is 1.00. The van der Waals surface area contributed by atoms with Crippen LogP contribution in [0.1, 0.15) is 19.3 Å². The van der Waals surface area contributed by atoms with Crippen LogP contribution in [0.2, 0.25) is 0 Å². The second-order valence-electron chi connectivity index (χ2n) is 5.08. The maximum atomic E-state index is 9.02. The summed E-state index contributed by atoms with van der Waals surface area (Å²) in [4.78, 5) is 2.54. The quantitative estimate of drug-likeness (QED) is 0.675. The van der Waals surface area contributed by atoms with E-state index < -0.39 is 0 Å². The molecule has 0 aliphatic carbocycles. The van der Waals surface area contributed by atoms with Gasteiger partial charge in [-0.25, -0.2) is 0 Å². The second-order valence-corrected chi connectivity index (χ2v) is 5.08. The molecule has 2 unspecified atom stereocenters. The minimum atomic E-state index is 0.238. The normalized spacial score (nSPS) is 35.2. The van der Waals surface area contributed by atoms with Crippen LogP contribution in [0.4, 0.5) is 0 Å². The Morgan fingerprint density at radius 1 is 1.44 bits per heavy atom. The average molecular weight is 228 g/mol. The summed E-state index contributed by atoms with van der Waals surface area (Å²) in [5.41, 5.74) is 0. The highest BCUT2D eigenvalue weighted by atomic mass is 16.5. The van der Waals surface area contributed by atoms with Crippen LogP contribution >= 0.6 is 0 Å². The SMILES string of the molecule is COCC(CCO)NC1CN2CCC1CC2. The van der Waals surface area contributed by atoms with E-state index >= 15 is 0 Å². The average Bonchev–Trinajstić information content (AvgIpc) is 2.31. The summed E-state index contributed by atoms with van der Waals surface area (Å²) in [5, 5.41) is 12.7. The molecule has 0 aromatic carbocycles. The minimum absolute atomic E-state index is 0.238. The Morgan fingerprint density at radius 2 is 2.19 bits per heavy atom. The first kappa shape index (κ1) is 12.3. The number of nitrogens with one attached hydrogen (secondary N) is 1. The molecule has 2 bridgehead atoms. The molecule has 4 heteroatoms. The standard InChI is InChI=1S/C12H24N2O2/c1-16-9-11(4-7-15)13-12-8-14-5-2-10(12)3-6-14/h10-13,15H,2-9H2,1H3. The van der Waals surface area contributed by atoms with Gasteiger partial charge >= 0.3 is 0 Å². The zero-order valence-corrected chi connectivity index (χ0v) is 10.2. The van der Waals surface area contributed by atoms with Crippen molar-refractivity contribution in [2.75, 3.05) is 40.0 Å². The summed E-state index contributed by atoms with van der Waals surface area (Å²) in [6.07, 6.45) is 3.45. The third kappa shape index (κ3) is 2.94. The topological polar surface area (TPSA) is 44.7 Å². The monoisotopic (exact) mass is 228 g/mol. The summed E-state index contributed by atoms with van der Waals surface area (Å²) in [7, 11) is 1.72. The lowest BCUT2D eigenvalue weighted by molar-refractivity contribution is 0.0540. The first-order valence-corrected chi connectivity index (χ1v) is 6.41. The number of aliphatic hydroxyl groups is 1. The highest BCUT2D eigenvalue weighted by molar-refractivity contribution is 4.92. The molecule has 0 spiro atoms. The molecular formula is C12H24N2O2. The van der Waals surface area contributed by atoms with Crippen LogP contribution in [0.15, 0.2) is 0 Å². The van der Waals surface area contributed by atoms with E-state index in [0.29, 0.717) is 18.7 Å². The molecule has 0 aromatic rings. The van der Waals surface area contributed by atoms with Crippen LogP contribution in [0.5, 0.6) is 0 Å². The molecule has 3 saturated heterocycles. The first-order chi connectivity index (χ1) is 7.83. The van der Waals surface area contributed by atoms with Crippen molar-refractivity contribution in [3.05, 3.63) is 0 Å². The number of fused-ring (bicyclic) bond motifs is 3. The zero-order valence-electron chi connectivity index (χ0n) is 10.2. The van der Waals surface area contributed by atoms with Gasteiger partial charge < -0.3 is 20.1 Å². The van der Waals surface area contributed by atoms with Gasteiger partial charge in [0.15, 0.2) is 0 Å². The molecule has 3 heterocycles. The van der Waals surface area contributed by atoms with Gasteiger partial charge in [-0.15, -0.1) is 0 Å². The lowest BCUT2D eigenvalue weighted by Crippen LogP contribution is -2.58. The Labute approximate surface area is 98.0 Å². The van der Waals surface area contributed by atoms with E-state index in [4.69, 9.17) is 9.84 Å². The van der Waals surface area contributed by atoms with E-state index in [9.17, 15) is 0 Å². The Hall–Kier alpha value is -0.160.